The number of imide groups is 1. The van der Waals surface area contributed by atoms with Gasteiger partial charge in [0.2, 0.25) is 11.8 Å². The van der Waals surface area contributed by atoms with Crippen molar-refractivity contribution in [3.8, 4) is 6.07 Å². The highest BCUT2D eigenvalue weighted by atomic mass is 32.1. The molecule has 146 valence electrons. The van der Waals surface area contributed by atoms with Crippen molar-refractivity contribution in [2.75, 3.05) is 11.9 Å². The number of fused-ring (bicyclic) bond motifs is 1. The molecule has 1 aromatic heterocycles. The molecule has 9 heteroatoms. The van der Waals surface area contributed by atoms with E-state index in [1.807, 2.05) is 18.2 Å². The van der Waals surface area contributed by atoms with E-state index in [0.29, 0.717) is 23.4 Å². The Balaban J connectivity index is 1.49. The second-order valence-electron chi connectivity index (χ2n) is 6.63. The van der Waals surface area contributed by atoms with E-state index in [9.17, 15) is 19.2 Å². The van der Waals surface area contributed by atoms with Crippen molar-refractivity contribution in [3.05, 3.63) is 29.2 Å². The van der Waals surface area contributed by atoms with Gasteiger partial charge >= 0.3 is 5.97 Å². The molecule has 0 radical (unpaired) electrons. The van der Waals surface area contributed by atoms with Gasteiger partial charge in [-0.05, 0) is 31.2 Å². The second-order valence-corrected chi connectivity index (χ2v) is 7.55. The highest BCUT2D eigenvalue weighted by Gasteiger charge is 2.47. The number of ether oxygens (including phenoxy) is 1. The normalized spacial score (nSPS) is 21.8. The lowest BCUT2D eigenvalue weighted by molar-refractivity contribution is -0.154. The predicted octanol–water partition coefficient (Wildman–Crippen LogP) is 1.83. The summed E-state index contributed by atoms with van der Waals surface area (Å²) in [6.07, 6.45) is 3.63. The largest absolute Gasteiger partial charge is 0.452 e. The van der Waals surface area contributed by atoms with Crippen LogP contribution < -0.4 is 5.32 Å². The van der Waals surface area contributed by atoms with E-state index in [4.69, 9.17) is 10.00 Å². The molecule has 0 unspecified atom stereocenters. The highest BCUT2D eigenvalue weighted by molar-refractivity contribution is 7.14. The van der Waals surface area contributed by atoms with Crippen LogP contribution in [0.5, 0.6) is 0 Å². The first-order chi connectivity index (χ1) is 13.4. The van der Waals surface area contributed by atoms with Crippen molar-refractivity contribution in [1.29, 1.82) is 5.26 Å². The first kappa shape index (κ1) is 19.8. The molecule has 1 saturated heterocycles. The lowest BCUT2D eigenvalue weighted by Gasteiger charge is -2.16. The molecule has 1 fully saturated rings. The molecule has 1 N–H and O–H groups in total. The van der Waals surface area contributed by atoms with Crippen LogP contribution in [0.2, 0.25) is 0 Å². The van der Waals surface area contributed by atoms with E-state index < -0.39 is 18.0 Å². The number of carbonyl (C=O) groups excluding carboxylic acids is 4. The minimum absolute atomic E-state index is 0.0542. The Morgan fingerprint density at radius 3 is 2.57 bits per heavy atom. The number of carbonyl (C=O) groups is 4. The molecule has 1 aromatic rings. The topological polar surface area (TPSA) is 117 Å². The number of allylic oxidation sites excluding steroid dienone is 2. The van der Waals surface area contributed by atoms with Crippen molar-refractivity contribution >= 4 is 40.0 Å². The van der Waals surface area contributed by atoms with Gasteiger partial charge in [0, 0.05) is 6.54 Å². The Labute approximate surface area is 165 Å². The predicted molar refractivity (Wildman–Crippen MR) is 99.9 cm³/mol. The lowest BCUT2D eigenvalue weighted by Crippen LogP contribution is -2.35. The first-order valence-electron chi connectivity index (χ1n) is 8.90. The van der Waals surface area contributed by atoms with Crippen LogP contribution in [0.25, 0.3) is 0 Å². The Morgan fingerprint density at radius 1 is 1.32 bits per heavy atom. The first-order valence-corrected chi connectivity index (χ1v) is 9.78. The molecular weight excluding hydrogens is 382 g/mol. The average Bonchev–Trinajstić information content (AvgIpc) is 3.23. The fourth-order valence-electron chi connectivity index (χ4n) is 3.31. The number of esters is 1. The number of anilines is 1. The third-order valence-electron chi connectivity index (χ3n) is 4.84. The van der Waals surface area contributed by atoms with E-state index in [-0.39, 0.29) is 36.6 Å². The molecule has 0 aromatic carbocycles. The summed E-state index contributed by atoms with van der Waals surface area (Å²) in [6.45, 7) is 1.36. The van der Waals surface area contributed by atoms with Gasteiger partial charge in [0.15, 0.2) is 6.10 Å². The second kappa shape index (κ2) is 8.35. The zero-order valence-electron chi connectivity index (χ0n) is 15.2. The maximum absolute atomic E-state index is 12.4. The molecule has 0 spiro atoms. The Kier molecular flexibility index (Phi) is 5.90. The van der Waals surface area contributed by atoms with Gasteiger partial charge in [-0.1, -0.05) is 12.2 Å². The highest BCUT2D eigenvalue weighted by Crippen LogP contribution is 2.35. The van der Waals surface area contributed by atoms with Gasteiger partial charge in [0.05, 0.1) is 23.8 Å². The maximum Gasteiger partial charge on any atom is 0.308 e. The van der Waals surface area contributed by atoms with Gasteiger partial charge in [-0.3, -0.25) is 24.1 Å². The van der Waals surface area contributed by atoms with Crippen molar-refractivity contribution in [2.45, 2.75) is 32.3 Å². The molecule has 1 aliphatic carbocycles. The van der Waals surface area contributed by atoms with E-state index in [1.165, 1.54) is 18.3 Å². The standard InChI is InChI=1S/C19H19N3O5S/c1-11(16(24)21-17-12(10-20)7-9-28-17)27-15(23)6-8-22-18(25)13-4-2-3-5-14(13)19(22)26/h2-3,7,9,11,13-14H,4-6,8H2,1H3,(H,21,24)/t11-,13-,14-/m0/s1. The SMILES string of the molecule is C[C@H](OC(=O)CCN1C(=O)[C@H]2CC=CC[C@@H]2C1=O)C(=O)Nc1sccc1C#N. The van der Waals surface area contributed by atoms with E-state index in [0.717, 1.165) is 4.90 Å². The fourth-order valence-corrected chi connectivity index (χ4v) is 4.05. The van der Waals surface area contributed by atoms with Gasteiger partial charge in [-0.25, -0.2) is 0 Å². The van der Waals surface area contributed by atoms with Gasteiger partial charge in [0.25, 0.3) is 5.91 Å². The van der Waals surface area contributed by atoms with Crippen LogP contribution in [0, 0.1) is 23.2 Å². The van der Waals surface area contributed by atoms with Crippen molar-refractivity contribution in [3.63, 3.8) is 0 Å². The van der Waals surface area contributed by atoms with Crippen LogP contribution in [-0.2, 0) is 23.9 Å². The Morgan fingerprint density at radius 2 is 1.96 bits per heavy atom. The van der Waals surface area contributed by atoms with Crippen molar-refractivity contribution in [1.82, 2.24) is 4.90 Å². The number of thiophene rings is 1. The summed E-state index contributed by atoms with van der Waals surface area (Å²) in [4.78, 5) is 50.0. The van der Waals surface area contributed by atoms with Crippen LogP contribution >= 0.6 is 11.3 Å². The molecule has 3 amide bonds. The van der Waals surface area contributed by atoms with Crippen LogP contribution in [0.1, 0.15) is 31.7 Å². The van der Waals surface area contributed by atoms with Crippen molar-refractivity contribution in [2.24, 2.45) is 11.8 Å². The van der Waals surface area contributed by atoms with Crippen LogP contribution in [-0.4, -0.2) is 41.2 Å². The third-order valence-corrected chi connectivity index (χ3v) is 5.67. The summed E-state index contributed by atoms with van der Waals surface area (Å²) in [7, 11) is 0. The molecule has 2 heterocycles. The van der Waals surface area contributed by atoms with Crippen molar-refractivity contribution < 1.29 is 23.9 Å². The zero-order chi connectivity index (χ0) is 20.3. The Bertz CT molecular complexity index is 858. The molecule has 8 nitrogen and oxygen atoms in total. The number of hydrogen-bond acceptors (Lipinski definition) is 7. The third kappa shape index (κ3) is 3.97. The summed E-state index contributed by atoms with van der Waals surface area (Å²) >= 11 is 1.19. The molecule has 3 atom stereocenters. The molecule has 3 rings (SSSR count). The monoisotopic (exact) mass is 401 g/mol. The molecule has 1 aliphatic heterocycles. The van der Waals surface area contributed by atoms with Crippen LogP contribution in [0.15, 0.2) is 23.6 Å². The van der Waals surface area contributed by atoms with Gasteiger partial charge in [0.1, 0.15) is 11.1 Å². The maximum atomic E-state index is 12.4. The van der Waals surface area contributed by atoms with Crippen LogP contribution in [0.3, 0.4) is 0 Å². The van der Waals surface area contributed by atoms with Crippen LogP contribution in [0.4, 0.5) is 5.00 Å². The minimum atomic E-state index is -1.07. The Hall–Kier alpha value is -2.99. The minimum Gasteiger partial charge on any atom is -0.452 e. The summed E-state index contributed by atoms with van der Waals surface area (Å²) in [6, 6.07) is 3.53. The van der Waals surface area contributed by atoms with Gasteiger partial charge in [-0.2, -0.15) is 5.26 Å². The lowest BCUT2D eigenvalue weighted by atomic mass is 9.85. The zero-order valence-corrected chi connectivity index (χ0v) is 16.0. The van der Waals surface area contributed by atoms with E-state index in [2.05, 4.69) is 5.32 Å². The van der Waals surface area contributed by atoms with E-state index >= 15 is 0 Å². The molecular formula is C19H19N3O5S. The number of likely N-dealkylation sites (tertiary alicyclic amines) is 1. The molecule has 0 saturated carbocycles. The number of rotatable bonds is 6. The smallest absolute Gasteiger partial charge is 0.308 e. The summed E-state index contributed by atoms with van der Waals surface area (Å²) in [5.41, 5.74) is 0.332. The summed E-state index contributed by atoms with van der Waals surface area (Å²) < 4.78 is 5.09. The summed E-state index contributed by atoms with van der Waals surface area (Å²) in [5, 5.41) is 13.6. The number of nitriles is 1. The number of nitrogens with zero attached hydrogens (tertiary/aromatic N) is 2. The quantitative estimate of drug-likeness (QED) is 0.442. The molecule has 0 bridgehead atoms. The molecule has 28 heavy (non-hydrogen) atoms. The average molecular weight is 401 g/mol. The van der Waals surface area contributed by atoms with E-state index in [1.54, 1.807) is 11.4 Å². The fraction of sp³-hybridized carbons (Fsp3) is 0.421. The number of nitrogens with one attached hydrogen (secondary N) is 1. The van der Waals surface area contributed by atoms with Gasteiger partial charge < -0.3 is 10.1 Å². The van der Waals surface area contributed by atoms with Gasteiger partial charge in [-0.15, -0.1) is 11.3 Å². The number of amides is 3. The summed E-state index contributed by atoms with van der Waals surface area (Å²) in [5.74, 6) is -2.41. The molecule has 2 aliphatic rings. The number of hydrogen-bond donors (Lipinski definition) is 1.